The van der Waals surface area contributed by atoms with Crippen LogP contribution < -0.4 is 19.5 Å². The largest absolute Gasteiger partial charge is 0.497 e. The first kappa shape index (κ1) is 18.4. The summed E-state index contributed by atoms with van der Waals surface area (Å²) in [6, 6.07) is 12.8. The van der Waals surface area contributed by atoms with Crippen molar-refractivity contribution in [3.05, 3.63) is 54.1 Å². The minimum absolute atomic E-state index is 0.252. The molecule has 5 heteroatoms. The monoisotopic (exact) mass is 341 g/mol. The molecule has 2 rings (SSSR count). The van der Waals surface area contributed by atoms with E-state index in [1.54, 1.807) is 38.5 Å². The number of amides is 1. The molecule has 2 aromatic carbocycles. The Balaban J connectivity index is 2.11. The summed E-state index contributed by atoms with van der Waals surface area (Å²) in [6.07, 6.45) is 4.04. The van der Waals surface area contributed by atoms with Gasteiger partial charge in [-0.1, -0.05) is 19.1 Å². The number of hydrogen-bond donors (Lipinski definition) is 1. The molecule has 0 radical (unpaired) electrons. The zero-order valence-corrected chi connectivity index (χ0v) is 14.7. The molecule has 132 valence electrons. The fourth-order valence-electron chi connectivity index (χ4n) is 2.22. The van der Waals surface area contributed by atoms with Gasteiger partial charge in [0.15, 0.2) is 0 Å². The number of anilines is 1. The number of rotatable bonds is 8. The fraction of sp³-hybridized carbons (Fsp3) is 0.250. The van der Waals surface area contributed by atoms with Crippen LogP contribution in [-0.4, -0.2) is 26.7 Å². The topological polar surface area (TPSA) is 56.8 Å². The molecule has 0 atom stereocenters. The van der Waals surface area contributed by atoms with Crippen LogP contribution in [0.3, 0.4) is 0 Å². The van der Waals surface area contributed by atoms with Crippen molar-refractivity contribution in [3.8, 4) is 17.2 Å². The lowest BCUT2D eigenvalue weighted by atomic mass is 10.1. The van der Waals surface area contributed by atoms with Gasteiger partial charge in [0.05, 0.1) is 26.5 Å². The lowest BCUT2D eigenvalue weighted by Crippen LogP contribution is -2.09. The van der Waals surface area contributed by atoms with Gasteiger partial charge in [-0.3, -0.25) is 4.79 Å². The van der Waals surface area contributed by atoms with Crippen molar-refractivity contribution in [3.63, 3.8) is 0 Å². The Morgan fingerprint density at radius 1 is 1.08 bits per heavy atom. The fourth-order valence-corrected chi connectivity index (χ4v) is 2.22. The summed E-state index contributed by atoms with van der Waals surface area (Å²) < 4.78 is 16.1. The summed E-state index contributed by atoms with van der Waals surface area (Å²) in [7, 11) is 3.18. The van der Waals surface area contributed by atoms with Gasteiger partial charge < -0.3 is 19.5 Å². The molecule has 2 aromatic rings. The summed E-state index contributed by atoms with van der Waals surface area (Å²) >= 11 is 0. The second-order valence-corrected chi connectivity index (χ2v) is 5.28. The second kappa shape index (κ2) is 9.37. The van der Waals surface area contributed by atoms with E-state index < -0.39 is 0 Å². The van der Waals surface area contributed by atoms with Crippen LogP contribution in [0.1, 0.15) is 18.9 Å². The van der Waals surface area contributed by atoms with Crippen molar-refractivity contribution in [2.45, 2.75) is 13.3 Å². The Morgan fingerprint density at radius 3 is 2.60 bits per heavy atom. The van der Waals surface area contributed by atoms with E-state index in [0.29, 0.717) is 29.5 Å². The van der Waals surface area contributed by atoms with Crippen LogP contribution in [0.2, 0.25) is 0 Å². The Labute approximate surface area is 148 Å². The van der Waals surface area contributed by atoms with Crippen molar-refractivity contribution in [2.24, 2.45) is 0 Å². The Bertz CT molecular complexity index is 740. The molecule has 0 aliphatic rings. The summed E-state index contributed by atoms with van der Waals surface area (Å²) in [5.41, 5.74) is 1.40. The Kier molecular flexibility index (Phi) is 6.89. The molecule has 5 nitrogen and oxygen atoms in total. The van der Waals surface area contributed by atoms with Crippen LogP contribution in [0, 0.1) is 0 Å². The van der Waals surface area contributed by atoms with Gasteiger partial charge in [0.1, 0.15) is 17.2 Å². The first-order valence-electron chi connectivity index (χ1n) is 8.10. The van der Waals surface area contributed by atoms with Crippen molar-refractivity contribution in [1.29, 1.82) is 0 Å². The highest BCUT2D eigenvalue weighted by atomic mass is 16.5. The number of ether oxygens (including phenoxy) is 3. The molecule has 0 bridgehead atoms. The molecule has 0 heterocycles. The maximum atomic E-state index is 12.2. The van der Waals surface area contributed by atoms with Gasteiger partial charge in [0.25, 0.3) is 0 Å². The van der Waals surface area contributed by atoms with Crippen LogP contribution in [0.25, 0.3) is 6.08 Å². The van der Waals surface area contributed by atoms with Gasteiger partial charge in [-0.25, -0.2) is 0 Å². The number of methoxy groups -OCH3 is 2. The van der Waals surface area contributed by atoms with Crippen LogP contribution >= 0.6 is 0 Å². The van der Waals surface area contributed by atoms with E-state index in [-0.39, 0.29) is 5.91 Å². The third kappa shape index (κ3) is 5.28. The average molecular weight is 341 g/mol. The van der Waals surface area contributed by atoms with E-state index in [9.17, 15) is 4.79 Å². The van der Waals surface area contributed by atoms with Crippen LogP contribution in [0.4, 0.5) is 5.69 Å². The standard InChI is InChI=1S/C20H23NO4/c1-4-13-25-19-8-6-5-7-17(19)21-20(22)12-9-15-14-16(23-2)10-11-18(15)24-3/h5-12,14H,4,13H2,1-3H3,(H,21,22)/b12-9+. The van der Waals surface area contributed by atoms with E-state index in [1.807, 2.05) is 31.2 Å². The molecule has 1 N–H and O–H groups in total. The van der Waals surface area contributed by atoms with E-state index in [4.69, 9.17) is 14.2 Å². The van der Waals surface area contributed by atoms with Crippen molar-refractivity contribution < 1.29 is 19.0 Å². The second-order valence-electron chi connectivity index (χ2n) is 5.28. The minimum Gasteiger partial charge on any atom is -0.497 e. The number of carbonyl (C=O) groups excluding carboxylic acids is 1. The molecule has 0 saturated carbocycles. The third-order valence-corrected chi connectivity index (χ3v) is 3.46. The minimum atomic E-state index is -0.252. The number of nitrogens with one attached hydrogen (secondary N) is 1. The van der Waals surface area contributed by atoms with Crippen molar-refractivity contribution >= 4 is 17.7 Å². The van der Waals surface area contributed by atoms with E-state index in [2.05, 4.69) is 5.32 Å². The Hall–Kier alpha value is -2.95. The highest BCUT2D eigenvalue weighted by molar-refractivity contribution is 6.03. The molecule has 0 saturated heterocycles. The molecule has 1 amide bonds. The van der Waals surface area contributed by atoms with Gasteiger partial charge in [0.2, 0.25) is 5.91 Å². The Morgan fingerprint density at radius 2 is 1.88 bits per heavy atom. The molecule has 0 aromatic heterocycles. The van der Waals surface area contributed by atoms with Gasteiger partial charge >= 0.3 is 0 Å². The van der Waals surface area contributed by atoms with Gasteiger partial charge in [-0.05, 0) is 42.8 Å². The molecular formula is C20H23NO4. The number of benzene rings is 2. The van der Waals surface area contributed by atoms with Crippen LogP contribution in [0.15, 0.2) is 48.5 Å². The molecule has 0 aliphatic carbocycles. The highest BCUT2D eigenvalue weighted by Crippen LogP contribution is 2.26. The predicted molar refractivity (Wildman–Crippen MR) is 99.4 cm³/mol. The lowest BCUT2D eigenvalue weighted by Gasteiger charge is -2.11. The van der Waals surface area contributed by atoms with E-state index in [1.165, 1.54) is 6.08 Å². The summed E-state index contributed by atoms with van der Waals surface area (Å²) in [5, 5.41) is 2.83. The molecule has 0 spiro atoms. The van der Waals surface area contributed by atoms with Gasteiger partial charge in [-0.2, -0.15) is 0 Å². The van der Waals surface area contributed by atoms with Crippen molar-refractivity contribution in [1.82, 2.24) is 0 Å². The number of hydrogen-bond acceptors (Lipinski definition) is 4. The van der Waals surface area contributed by atoms with Crippen LogP contribution in [0.5, 0.6) is 17.2 Å². The first-order valence-corrected chi connectivity index (χ1v) is 8.10. The summed E-state index contributed by atoms with van der Waals surface area (Å²) in [5.74, 6) is 1.76. The number of carbonyl (C=O) groups is 1. The third-order valence-electron chi connectivity index (χ3n) is 3.46. The zero-order valence-electron chi connectivity index (χ0n) is 14.7. The SMILES string of the molecule is CCCOc1ccccc1NC(=O)/C=C/c1cc(OC)ccc1OC. The normalized spacial score (nSPS) is 10.5. The van der Waals surface area contributed by atoms with Gasteiger partial charge in [-0.15, -0.1) is 0 Å². The molecule has 0 fully saturated rings. The maximum absolute atomic E-state index is 12.2. The molecule has 0 unspecified atom stereocenters. The lowest BCUT2D eigenvalue weighted by molar-refractivity contribution is -0.111. The average Bonchev–Trinajstić information content (AvgIpc) is 2.65. The molecular weight excluding hydrogens is 318 g/mol. The maximum Gasteiger partial charge on any atom is 0.248 e. The predicted octanol–water partition coefficient (Wildman–Crippen LogP) is 4.14. The van der Waals surface area contributed by atoms with E-state index >= 15 is 0 Å². The van der Waals surface area contributed by atoms with Gasteiger partial charge in [0, 0.05) is 11.6 Å². The highest BCUT2D eigenvalue weighted by Gasteiger charge is 2.06. The van der Waals surface area contributed by atoms with Crippen molar-refractivity contribution in [2.75, 3.05) is 26.1 Å². The molecule has 0 aliphatic heterocycles. The van der Waals surface area contributed by atoms with E-state index in [0.717, 1.165) is 12.0 Å². The van der Waals surface area contributed by atoms with Crippen LogP contribution in [-0.2, 0) is 4.79 Å². The molecule has 25 heavy (non-hydrogen) atoms. The first-order chi connectivity index (χ1) is 12.2. The number of para-hydroxylation sites is 2. The summed E-state index contributed by atoms with van der Waals surface area (Å²) in [6.45, 7) is 2.63. The zero-order chi connectivity index (χ0) is 18.1. The quantitative estimate of drug-likeness (QED) is 0.733. The smallest absolute Gasteiger partial charge is 0.248 e. The summed E-state index contributed by atoms with van der Waals surface area (Å²) in [4.78, 5) is 12.2.